The van der Waals surface area contributed by atoms with Gasteiger partial charge in [0.1, 0.15) is 0 Å². The second kappa shape index (κ2) is 3.08. The Morgan fingerprint density at radius 3 is 2.50 bits per heavy atom. The Kier molecular flexibility index (Phi) is 2.07. The normalized spacial score (nSPS) is 28.5. The van der Waals surface area contributed by atoms with E-state index in [2.05, 4.69) is 5.32 Å². The first-order chi connectivity index (χ1) is 5.81. The van der Waals surface area contributed by atoms with Gasteiger partial charge in [-0.2, -0.15) is 0 Å². The zero-order chi connectivity index (χ0) is 8.44. The monoisotopic (exact) mass is 167 g/mol. The van der Waals surface area contributed by atoms with Crippen LogP contribution in [-0.2, 0) is 4.79 Å². The van der Waals surface area contributed by atoms with Gasteiger partial charge in [-0.15, -0.1) is 0 Å². The van der Waals surface area contributed by atoms with Crippen molar-refractivity contribution in [2.24, 2.45) is 5.41 Å². The predicted octanol–water partition coefficient (Wildman–Crippen LogP) is 1.85. The van der Waals surface area contributed by atoms with E-state index in [-0.39, 0.29) is 5.91 Å². The average Bonchev–Trinajstić information content (AvgIpc) is 2.05. The molecule has 1 N–H and O–H groups in total. The van der Waals surface area contributed by atoms with Crippen molar-refractivity contribution in [1.82, 2.24) is 5.32 Å². The Labute approximate surface area is 73.7 Å². The quantitative estimate of drug-likeness (QED) is 0.586. The molecule has 68 valence electrons. The maximum atomic E-state index is 11.2. The van der Waals surface area contributed by atoms with E-state index in [4.69, 9.17) is 0 Å². The third-order valence-electron chi connectivity index (χ3n) is 3.43. The molecule has 1 spiro atoms. The summed E-state index contributed by atoms with van der Waals surface area (Å²) in [6, 6.07) is 0. The lowest BCUT2D eigenvalue weighted by atomic mass is 9.68. The molecule has 0 atom stereocenters. The number of carbonyl (C=O) groups is 1. The van der Waals surface area contributed by atoms with Crippen LogP contribution in [0.4, 0.5) is 0 Å². The van der Waals surface area contributed by atoms with Gasteiger partial charge >= 0.3 is 0 Å². The van der Waals surface area contributed by atoms with Crippen LogP contribution in [0.15, 0.2) is 0 Å². The number of hydrogen-bond acceptors (Lipinski definition) is 1. The van der Waals surface area contributed by atoms with Gasteiger partial charge in [0.2, 0.25) is 5.91 Å². The maximum absolute atomic E-state index is 11.2. The third kappa shape index (κ3) is 1.47. The molecular formula is C10H17NO. The largest absolute Gasteiger partial charge is 0.356 e. The Morgan fingerprint density at radius 1 is 1.08 bits per heavy atom. The van der Waals surface area contributed by atoms with Gasteiger partial charge in [-0.3, -0.25) is 4.79 Å². The van der Waals surface area contributed by atoms with Crippen LogP contribution in [0.2, 0.25) is 0 Å². The fourth-order valence-electron chi connectivity index (χ4n) is 2.69. The minimum Gasteiger partial charge on any atom is -0.356 e. The van der Waals surface area contributed by atoms with Crippen molar-refractivity contribution < 1.29 is 4.79 Å². The molecule has 1 heterocycles. The van der Waals surface area contributed by atoms with Crippen LogP contribution < -0.4 is 5.32 Å². The number of rotatable bonds is 0. The first-order valence-corrected chi connectivity index (χ1v) is 5.08. The molecule has 2 nitrogen and oxygen atoms in total. The summed E-state index contributed by atoms with van der Waals surface area (Å²) in [6.07, 6.45) is 8.66. The standard InChI is InChI=1S/C10H17NO/c12-9-8-10(6-7-11-9)4-2-1-3-5-10/h1-8H2,(H,11,12). The van der Waals surface area contributed by atoms with Crippen molar-refractivity contribution in [3.05, 3.63) is 0 Å². The number of amides is 1. The van der Waals surface area contributed by atoms with Crippen molar-refractivity contribution >= 4 is 5.91 Å². The minimum absolute atomic E-state index is 0.281. The first-order valence-electron chi connectivity index (χ1n) is 5.08. The van der Waals surface area contributed by atoms with Crippen molar-refractivity contribution in [2.75, 3.05) is 6.54 Å². The van der Waals surface area contributed by atoms with Gasteiger partial charge in [-0.05, 0) is 24.7 Å². The Morgan fingerprint density at radius 2 is 1.83 bits per heavy atom. The number of carbonyl (C=O) groups excluding carboxylic acids is 1. The predicted molar refractivity (Wildman–Crippen MR) is 47.8 cm³/mol. The smallest absolute Gasteiger partial charge is 0.220 e. The van der Waals surface area contributed by atoms with Crippen molar-refractivity contribution in [3.63, 3.8) is 0 Å². The van der Waals surface area contributed by atoms with Crippen LogP contribution in [0.5, 0.6) is 0 Å². The molecule has 1 saturated carbocycles. The highest BCUT2D eigenvalue weighted by molar-refractivity contribution is 5.77. The fourth-order valence-corrected chi connectivity index (χ4v) is 2.69. The molecule has 0 bridgehead atoms. The summed E-state index contributed by atoms with van der Waals surface area (Å²) in [4.78, 5) is 11.2. The van der Waals surface area contributed by atoms with E-state index in [9.17, 15) is 4.79 Å². The van der Waals surface area contributed by atoms with Gasteiger partial charge < -0.3 is 5.32 Å². The van der Waals surface area contributed by atoms with Gasteiger partial charge in [0.25, 0.3) is 0 Å². The van der Waals surface area contributed by atoms with Crippen LogP contribution in [0.3, 0.4) is 0 Å². The van der Waals surface area contributed by atoms with E-state index in [1.165, 1.54) is 38.5 Å². The third-order valence-corrected chi connectivity index (χ3v) is 3.43. The molecule has 0 radical (unpaired) electrons. The summed E-state index contributed by atoms with van der Waals surface area (Å²) in [5.41, 5.74) is 0.417. The minimum atomic E-state index is 0.281. The van der Waals surface area contributed by atoms with Crippen LogP contribution in [0, 0.1) is 5.41 Å². The van der Waals surface area contributed by atoms with E-state index in [1.807, 2.05) is 0 Å². The average molecular weight is 167 g/mol. The highest BCUT2D eigenvalue weighted by atomic mass is 16.1. The Balaban J connectivity index is 2.02. The highest BCUT2D eigenvalue weighted by Gasteiger charge is 2.36. The zero-order valence-corrected chi connectivity index (χ0v) is 7.57. The zero-order valence-electron chi connectivity index (χ0n) is 7.57. The first kappa shape index (κ1) is 8.09. The highest BCUT2D eigenvalue weighted by Crippen LogP contribution is 2.43. The fraction of sp³-hybridized carbons (Fsp3) is 0.900. The maximum Gasteiger partial charge on any atom is 0.220 e. The second-order valence-corrected chi connectivity index (χ2v) is 4.34. The van der Waals surface area contributed by atoms with Crippen LogP contribution in [0.25, 0.3) is 0 Å². The molecule has 2 rings (SSSR count). The molecule has 0 aromatic heterocycles. The van der Waals surface area contributed by atoms with Crippen LogP contribution in [-0.4, -0.2) is 12.5 Å². The molecule has 1 saturated heterocycles. The Hall–Kier alpha value is -0.530. The van der Waals surface area contributed by atoms with Gasteiger partial charge in [-0.1, -0.05) is 19.3 Å². The lowest BCUT2D eigenvalue weighted by molar-refractivity contribution is -0.126. The van der Waals surface area contributed by atoms with E-state index < -0.39 is 0 Å². The van der Waals surface area contributed by atoms with Gasteiger partial charge in [-0.25, -0.2) is 0 Å². The summed E-state index contributed by atoms with van der Waals surface area (Å²) in [5, 5.41) is 2.91. The Bertz CT molecular complexity index is 177. The van der Waals surface area contributed by atoms with Crippen molar-refractivity contribution in [3.8, 4) is 0 Å². The molecule has 0 aromatic carbocycles. The molecule has 12 heavy (non-hydrogen) atoms. The van der Waals surface area contributed by atoms with E-state index >= 15 is 0 Å². The summed E-state index contributed by atoms with van der Waals surface area (Å²) >= 11 is 0. The molecule has 0 aromatic rings. The van der Waals surface area contributed by atoms with E-state index in [0.717, 1.165) is 13.0 Å². The van der Waals surface area contributed by atoms with Gasteiger partial charge in [0.15, 0.2) is 0 Å². The molecule has 2 fully saturated rings. The topological polar surface area (TPSA) is 29.1 Å². The molecule has 1 aliphatic carbocycles. The molecule has 2 aliphatic rings. The summed E-state index contributed by atoms with van der Waals surface area (Å²) in [6.45, 7) is 0.916. The van der Waals surface area contributed by atoms with Crippen LogP contribution >= 0.6 is 0 Å². The second-order valence-electron chi connectivity index (χ2n) is 4.34. The van der Waals surface area contributed by atoms with E-state index in [0.29, 0.717) is 5.41 Å². The lowest BCUT2D eigenvalue weighted by Crippen LogP contribution is -2.41. The van der Waals surface area contributed by atoms with Gasteiger partial charge in [0.05, 0.1) is 0 Å². The summed E-state index contributed by atoms with van der Waals surface area (Å²) < 4.78 is 0. The van der Waals surface area contributed by atoms with Crippen molar-refractivity contribution in [2.45, 2.75) is 44.9 Å². The molecule has 2 heteroatoms. The number of hydrogen-bond donors (Lipinski definition) is 1. The summed E-state index contributed by atoms with van der Waals surface area (Å²) in [7, 11) is 0. The lowest BCUT2D eigenvalue weighted by Gasteiger charge is -2.39. The summed E-state index contributed by atoms with van der Waals surface area (Å²) in [5.74, 6) is 0.281. The number of piperidine rings is 1. The molecule has 1 amide bonds. The molecular weight excluding hydrogens is 150 g/mol. The van der Waals surface area contributed by atoms with E-state index in [1.54, 1.807) is 0 Å². The molecule has 0 unspecified atom stereocenters. The molecule has 1 aliphatic heterocycles. The van der Waals surface area contributed by atoms with Gasteiger partial charge in [0, 0.05) is 13.0 Å². The SMILES string of the molecule is O=C1CC2(CCCCC2)CCN1. The van der Waals surface area contributed by atoms with Crippen molar-refractivity contribution in [1.29, 1.82) is 0 Å². The van der Waals surface area contributed by atoms with Crippen LogP contribution in [0.1, 0.15) is 44.9 Å². The number of nitrogens with one attached hydrogen (secondary N) is 1.